The highest BCUT2D eigenvalue weighted by Crippen LogP contribution is 2.23. The van der Waals surface area contributed by atoms with E-state index in [-0.39, 0.29) is 5.91 Å². The van der Waals surface area contributed by atoms with Gasteiger partial charge in [-0.1, -0.05) is 24.8 Å². The van der Waals surface area contributed by atoms with Gasteiger partial charge in [0.15, 0.2) is 0 Å². The number of benzene rings is 1. The number of unbranched alkanes of at least 4 members (excludes halogenated alkanes) is 1. The quantitative estimate of drug-likeness (QED) is 0.388. The number of nitrogens with one attached hydrogen (secondary N) is 2. The van der Waals surface area contributed by atoms with Crippen molar-refractivity contribution in [2.45, 2.75) is 25.3 Å². The summed E-state index contributed by atoms with van der Waals surface area (Å²) in [4.78, 5) is 22.4. The third kappa shape index (κ3) is 7.32. The topological polar surface area (TPSA) is 114 Å². The summed E-state index contributed by atoms with van der Waals surface area (Å²) in [6.45, 7) is 4.27. The van der Waals surface area contributed by atoms with E-state index in [1.54, 1.807) is 24.3 Å². The summed E-state index contributed by atoms with van der Waals surface area (Å²) in [5, 5.41) is 13.5. The van der Waals surface area contributed by atoms with Crippen molar-refractivity contribution in [2.24, 2.45) is 5.73 Å². The molecule has 0 saturated heterocycles. The number of carbonyl (C=O) groups excluding carboxylic acids is 1. The van der Waals surface area contributed by atoms with Crippen LogP contribution in [0.3, 0.4) is 0 Å². The highest BCUT2D eigenvalue weighted by atomic mass is 16.5. The molecular weight excluding hydrogens is 298 g/mol. The largest absolute Gasteiger partial charge is 0.487 e. The molecule has 7 heteroatoms. The van der Waals surface area contributed by atoms with Crippen molar-refractivity contribution < 1.29 is 19.4 Å². The molecule has 2 amide bonds. The minimum absolute atomic E-state index is 0.300. The van der Waals surface area contributed by atoms with Gasteiger partial charge in [-0.3, -0.25) is 4.79 Å². The molecule has 1 aromatic carbocycles. The summed E-state index contributed by atoms with van der Waals surface area (Å²) in [5.41, 5.74) is 6.41. The number of carbonyl (C=O) groups is 2. The first-order valence-electron chi connectivity index (χ1n) is 7.40. The normalized spacial score (nSPS) is 11.3. The van der Waals surface area contributed by atoms with E-state index in [9.17, 15) is 9.59 Å². The van der Waals surface area contributed by atoms with Crippen molar-refractivity contribution >= 4 is 17.7 Å². The summed E-state index contributed by atoms with van der Waals surface area (Å²) in [5.74, 6) is 0.254. The number of hydrogen-bond acceptors (Lipinski definition) is 4. The van der Waals surface area contributed by atoms with Gasteiger partial charge >= 0.3 is 6.09 Å². The zero-order chi connectivity index (χ0) is 17.1. The minimum Gasteiger partial charge on any atom is -0.487 e. The first-order chi connectivity index (χ1) is 11.0. The third-order valence-corrected chi connectivity index (χ3v) is 3.06. The first-order valence-corrected chi connectivity index (χ1v) is 7.40. The Hall–Kier alpha value is -2.54. The Morgan fingerprint density at radius 1 is 1.35 bits per heavy atom. The van der Waals surface area contributed by atoms with Gasteiger partial charge in [-0.15, -0.1) is 0 Å². The number of rotatable bonds is 10. The molecule has 0 bridgehead atoms. The van der Waals surface area contributed by atoms with Gasteiger partial charge in [-0.2, -0.15) is 0 Å². The Kier molecular flexibility index (Phi) is 8.23. The van der Waals surface area contributed by atoms with Gasteiger partial charge in [-0.05, 0) is 31.4 Å². The number of anilines is 1. The van der Waals surface area contributed by atoms with Crippen LogP contribution in [0.5, 0.6) is 5.75 Å². The van der Waals surface area contributed by atoms with E-state index in [0.717, 1.165) is 0 Å². The highest BCUT2D eigenvalue weighted by molar-refractivity contribution is 5.95. The van der Waals surface area contributed by atoms with Crippen LogP contribution in [-0.4, -0.2) is 36.3 Å². The second-order valence-electron chi connectivity index (χ2n) is 4.92. The molecule has 1 atom stereocenters. The molecule has 0 aliphatic rings. The summed E-state index contributed by atoms with van der Waals surface area (Å²) in [6, 6.07) is 6.43. The molecule has 0 fully saturated rings. The van der Waals surface area contributed by atoms with E-state index in [2.05, 4.69) is 17.2 Å². The lowest BCUT2D eigenvalue weighted by Gasteiger charge is -2.15. The molecular formula is C16H23N3O4. The number of nitrogens with two attached hydrogens (primary N) is 1. The Morgan fingerprint density at radius 2 is 2.09 bits per heavy atom. The van der Waals surface area contributed by atoms with E-state index >= 15 is 0 Å². The molecule has 7 nitrogen and oxygen atoms in total. The fourth-order valence-electron chi connectivity index (χ4n) is 1.89. The van der Waals surface area contributed by atoms with Gasteiger partial charge < -0.3 is 26.2 Å². The molecule has 0 heterocycles. The van der Waals surface area contributed by atoms with Crippen LogP contribution in [0.2, 0.25) is 0 Å². The average molecular weight is 321 g/mol. The number of hydrogen-bond donors (Lipinski definition) is 4. The van der Waals surface area contributed by atoms with Gasteiger partial charge in [-0.25, -0.2) is 4.79 Å². The summed E-state index contributed by atoms with van der Waals surface area (Å²) >= 11 is 0. The maximum Gasteiger partial charge on any atom is 0.404 e. The third-order valence-electron chi connectivity index (χ3n) is 3.06. The van der Waals surface area contributed by atoms with Gasteiger partial charge in [0.25, 0.3) is 0 Å². The Bertz CT molecular complexity index is 534. The zero-order valence-corrected chi connectivity index (χ0v) is 13.0. The van der Waals surface area contributed by atoms with Crippen molar-refractivity contribution in [3.05, 3.63) is 36.9 Å². The molecule has 0 aliphatic carbocycles. The van der Waals surface area contributed by atoms with E-state index in [0.29, 0.717) is 43.9 Å². The maximum atomic E-state index is 12.1. The Labute approximate surface area is 135 Å². The molecule has 1 rings (SSSR count). The molecule has 5 N–H and O–H groups in total. The monoisotopic (exact) mass is 321 g/mol. The smallest absolute Gasteiger partial charge is 0.404 e. The molecule has 0 aromatic heterocycles. The van der Waals surface area contributed by atoms with Crippen molar-refractivity contribution in [3.8, 4) is 5.75 Å². The average Bonchev–Trinajstić information content (AvgIpc) is 2.53. The molecule has 0 aliphatic heterocycles. The van der Waals surface area contributed by atoms with Crippen molar-refractivity contribution in [2.75, 3.05) is 18.5 Å². The summed E-state index contributed by atoms with van der Waals surface area (Å²) < 4.78 is 5.46. The second kappa shape index (κ2) is 10.2. The number of amides is 2. The lowest BCUT2D eigenvalue weighted by atomic mass is 10.1. The van der Waals surface area contributed by atoms with Crippen LogP contribution < -0.4 is 21.1 Å². The van der Waals surface area contributed by atoms with E-state index in [1.807, 2.05) is 6.07 Å². The molecule has 23 heavy (non-hydrogen) atoms. The summed E-state index contributed by atoms with van der Waals surface area (Å²) in [7, 11) is 0. The molecule has 0 spiro atoms. The van der Waals surface area contributed by atoms with Crippen molar-refractivity contribution in [3.63, 3.8) is 0 Å². The number of carboxylic acid groups (broad SMARTS) is 1. The van der Waals surface area contributed by atoms with Gasteiger partial charge in [0, 0.05) is 6.54 Å². The zero-order valence-electron chi connectivity index (χ0n) is 13.0. The lowest BCUT2D eigenvalue weighted by Crippen LogP contribution is -2.35. The van der Waals surface area contributed by atoms with Crippen LogP contribution in [0.4, 0.5) is 10.5 Å². The van der Waals surface area contributed by atoms with Gasteiger partial charge in [0.05, 0.1) is 11.7 Å². The van der Waals surface area contributed by atoms with Crippen LogP contribution in [0.25, 0.3) is 0 Å². The standard InChI is InChI=1S/C16H23N3O4/c1-2-11-23-14-9-4-3-8-13(14)19-15(20)12(17)7-5-6-10-18-16(21)22/h2-4,8-9,12,18H,1,5-7,10-11,17H2,(H,19,20)(H,21,22). The van der Waals surface area contributed by atoms with E-state index < -0.39 is 12.1 Å². The molecule has 1 unspecified atom stereocenters. The van der Waals surface area contributed by atoms with Crippen LogP contribution >= 0.6 is 0 Å². The molecule has 1 aromatic rings. The SMILES string of the molecule is C=CCOc1ccccc1NC(=O)C(N)CCCCNC(=O)O. The lowest BCUT2D eigenvalue weighted by molar-refractivity contribution is -0.117. The maximum absolute atomic E-state index is 12.1. The minimum atomic E-state index is -1.05. The van der Waals surface area contributed by atoms with Crippen LogP contribution in [0, 0.1) is 0 Å². The summed E-state index contributed by atoms with van der Waals surface area (Å²) in [6.07, 6.45) is 2.33. The van der Waals surface area contributed by atoms with Crippen LogP contribution in [-0.2, 0) is 4.79 Å². The predicted octanol–water partition coefficient (Wildman–Crippen LogP) is 1.96. The van der Waals surface area contributed by atoms with Crippen molar-refractivity contribution in [1.82, 2.24) is 5.32 Å². The fraction of sp³-hybridized carbons (Fsp3) is 0.375. The van der Waals surface area contributed by atoms with Gasteiger partial charge in [0.1, 0.15) is 12.4 Å². The number of para-hydroxylation sites is 2. The van der Waals surface area contributed by atoms with E-state index in [4.69, 9.17) is 15.6 Å². The van der Waals surface area contributed by atoms with E-state index in [1.165, 1.54) is 0 Å². The van der Waals surface area contributed by atoms with Crippen molar-refractivity contribution in [1.29, 1.82) is 0 Å². The molecule has 126 valence electrons. The highest BCUT2D eigenvalue weighted by Gasteiger charge is 2.15. The Morgan fingerprint density at radius 3 is 2.78 bits per heavy atom. The van der Waals surface area contributed by atoms with Crippen LogP contribution in [0.15, 0.2) is 36.9 Å². The first kappa shape index (κ1) is 18.5. The second-order valence-corrected chi connectivity index (χ2v) is 4.92. The predicted molar refractivity (Wildman–Crippen MR) is 88.6 cm³/mol. The van der Waals surface area contributed by atoms with Gasteiger partial charge in [0.2, 0.25) is 5.91 Å². The molecule has 0 radical (unpaired) electrons. The number of ether oxygens (including phenoxy) is 1. The Balaban J connectivity index is 2.42. The van der Waals surface area contributed by atoms with Crippen LogP contribution in [0.1, 0.15) is 19.3 Å². The fourth-order valence-corrected chi connectivity index (χ4v) is 1.89. The molecule has 0 saturated carbocycles.